The summed E-state index contributed by atoms with van der Waals surface area (Å²) in [7, 11) is 1.47. The maximum Gasteiger partial charge on any atom is 0.151 e. The number of pyridine rings is 1. The maximum atomic E-state index is 11.0. The predicted molar refractivity (Wildman–Crippen MR) is 84.4 cm³/mol. The molecule has 1 atom stereocenters. The molecular formula is C16H15Cl2NO2. The average Bonchev–Trinajstić information content (AvgIpc) is 2.50. The first kappa shape index (κ1) is 15.8. The van der Waals surface area contributed by atoms with E-state index >= 15 is 0 Å². The lowest BCUT2D eigenvalue weighted by molar-refractivity contribution is 0.0199. The van der Waals surface area contributed by atoms with E-state index in [0.717, 1.165) is 5.56 Å². The van der Waals surface area contributed by atoms with Crippen LogP contribution in [-0.2, 0) is 16.8 Å². The summed E-state index contributed by atoms with van der Waals surface area (Å²) < 4.78 is 5.16. The summed E-state index contributed by atoms with van der Waals surface area (Å²) in [6, 6.07) is 8.64. The molecule has 1 aromatic heterocycles. The second kappa shape index (κ2) is 6.48. The van der Waals surface area contributed by atoms with Crippen molar-refractivity contribution in [3.63, 3.8) is 0 Å². The predicted octanol–water partition coefficient (Wildman–Crippen LogP) is 3.98. The summed E-state index contributed by atoms with van der Waals surface area (Å²) in [5.74, 6) is 0.224. The summed E-state index contributed by atoms with van der Waals surface area (Å²) in [5.41, 5.74) is -0.0889. The lowest BCUT2D eigenvalue weighted by atomic mass is 9.86. The molecule has 0 bridgehead atoms. The quantitative estimate of drug-likeness (QED) is 0.846. The van der Waals surface area contributed by atoms with Gasteiger partial charge in [0.05, 0.1) is 7.11 Å². The molecule has 2 aromatic rings. The van der Waals surface area contributed by atoms with Crippen molar-refractivity contribution in [2.24, 2.45) is 0 Å². The molecule has 1 N–H and O–H groups in total. The smallest absolute Gasteiger partial charge is 0.151 e. The van der Waals surface area contributed by atoms with E-state index in [2.05, 4.69) is 11.6 Å². The van der Waals surface area contributed by atoms with Gasteiger partial charge in [-0.3, -0.25) is 4.98 Å². The Morgan fingerprint density at radius 2 is 2.14 bits per heavy atom. The molecule has 0 spiro atoms. The Balaban J connectivity index is 2.44. The van der Waals surface area contributed by atoms with Gasteiger partial charge in [0.2, 0.25) is 0 Å². The van der Waals surface area contributed by atoms with E-state index in [4.69, 9.17) is 27.9 Å². The van der Waals surface area contributed by atoms with Crippen LogP contribution in [0.5, 0.6) is 0 Å². The lowest BCUT2D eigenvalue weighted by Gasteiger charge is -2.29. The van der Waals surface area contributed by atoms with Gasteiger partial charge in [0, 0.05) is 34.4 Å². The molecule has 3 nitrogen and oxygen atoms in total. The Hall–Kier alpha value is -1.55. The highest BCUT2D eigenvalue weighted by molar-refractivity contribution is 6.35. The molecule has 2 rings (SSSR count). The molecule has 0 aliphatic rings. The highest BCUT2D eigenvalue weighted by atomic mass is 35.5. The van der Waals surface area contributed by atoms with Crippen LogP contribution in [0.25, 0.3) is 0 Å². The van der Waals surface area contributed by atoms with E-state index in [9.17, 15) is 5.11 Å². The van der Waals surface area contributed by atoms with Gasteiger partial charge in [-0.05, 0) is 23.8 Å². The van der Waals surface area contributed by atoms with Crippen LogP contribution in [0.2, 0.25) is 10.0 Å². The van der Waals surface area contributed by atoms with Crippen molar-refractivity contribution in [2.75, 3.05) is 7.11 Å². The molecule has 0 amide bonds. The van der Waals surface area contributed by atoms with Crippen LogP contribution in [0.4, 0.5) is 0 Å². The number of methoxy groups -OCH3 is 1. The third-order valence-electron chi connectivity index (χ3n) is 3.31. The molecule has 0 radical (unpaired) electrons. The van der Waals surface area contributed by atoms with Gasteiger partial charge < -0.3 is 9.84 Å². The van der Waals surface area contributed by atoms with Crippen LogP contribution in [0.15, 0.2) is 55.1 Å². The van der Waals surface area contributed by atoms with Crippen molar-refractivity contribution in [3.8, 4) is 0 Å². The molecule has 21 heavy (non-hydrogen) atoms. The Morgan fingerprint density at radius 3 is 2.71 bits per heavy atom. The third kappa shape index (κ3) is 3.38. The van der Waals surface area contributed by atoms with Gasteiger partial charge in [-0.2, -0.15) is 0 Å². The standard InChI is InChI=1S/C16H15Cl2NO2/c1-11(21-2)16(20,13-4-3-7-19-10-13)9-12-5-6-14(17)8-15(12)18/h3-8,10,20H,1,9H2,2H3. The molecule has 1 aromatic carbocycles. The van der Waals surface area contributed by atoms with Crippen molar-refractivity contribution >= 4 is 23.2 Å². The summed E-state index contributed by atoms with van der Waals surface area (Å²) in [6.07, 6.45) is 3.42. The topological polar surface area (TPSA) is 42.4 Å². The first-order valence-corrected chi connectivity index (χ1v) is 7.03. The van der Waals surface area contributed by atoms with Crippen LogP contribution in [0.3, 0.4) is 0 Å². The van der Waals surface area contributed by atoms with Crippen LogP contribution in [-0.4, -0.2) is 17.2 Å². The molecule has 0 saturated heterocycles. The van der Waals surface area contributed by atoms with Crippen LogP contribution >= 0.6 is 23.2 Å². The van der Waals surface area contributed by atoms with E-state index in [1.165, 1.54) is 7.11 Å². The van der Waals surface area contributed by atoms with E-state index in [1.54, 1.807) is 42.7 Å². The third-order valence-corrected chi connectivity index (χ3v) is 3.90. The maximum absolute atomic E-state index is 11.0. The van der Waals surface area contributed by atoms with E-state index in [-0.39, 0.29) is 12.2 Å². The minimum Gasteiger partial charge on any atom is -0.498 e. The van der Waals surface area contributed by atoms with Crippen molar-refractivity contribution in [3.05, 3.63) is 76.2 Å². The number of hydrogen-bond donors (Lipinski definition) is 1. The largest absolute Gasteiger partial charge is 0.498 e. The highest BCUT2D eigenvalue weighted by Crippen LogP contribution is 2.35. The molecule has 110 valence electrons. The van der Waals surface area contributed by atoms with Crippen molar-refractivity contribution in [1.82, 2.24) is 4.98 Å². The van der Waals surface area contributed by atoms with Gasteiger partial charge in [0.15, 0.2) is 5.60 Å². The Labute approximate surface area is 133 Å². The molecule has 5 heteroatoms. The number of benzene rings is 1. The molecule has 1 unspecified atom stereocenters. The molecule has 0 fully saturated rings. The average molecular weight is 324 g/mol. The summed E-state index contributed by atoms with van der Waals surface area (Å²) >= 11 is 12.1. The van der Waals surface area contributed by atoms with Gasteiger partial charge in [0.25, 0.3) is 0 Å². The second-order valence-corrected chi connectivity index (χ2v) is 5.49. The van der Waals surface area contributed by atoms with Crippen molar-refractivity contribution < 1.29 is 9.84 Å². The molecule has 0 aliphatic carbocycles. The van der Waals surface area contributed by atoms with E-state index in [0.29, 0.717) is 15.6 Å². The second-order valence-electron chi connectivity index (χ2n) is 4.64. The number of rotatable bonds is 5. The van der Waals surface area contributed by atoms with Crippen LogP contribution in [0.1, 0.15) is 11.1 Å². The minimum atomic E-state index is -1.42. The normalized spacial score (nSPS) is 13.5. The number of hydrogen-bond acceptors (Lipinski definition) is 3. The van der Waals surface area contributed by atoms with Gasteiger partial charge in [-0.1, -0.05) is 41.9 Å². The number of ether oxygens (including phenoxy) is 1. The fraction of sp³-hybridized carbons (Fsp3) is 0.188. The summed E-state index contributed by atoms with van der Waals surface area (Å²) in [4.78, 5) is 4.03. The highest BCUT2D eigenvalue weighted by Gasteiger charge is 2.35. The minimum absolute atomic E-state index is 0.210. The van der Waals surface area contributed by atoms with Crippen LogP contribution in [0, 0.1) is 0 Å². The SMILES string of the molecule is C=C(OC)C(O)(Cc1ccc(Cl)cc1Cl)c1cccnc1. The Bertz CT molecular complexity index is 646. The van der Waals surface area contributed by atoms with Crippen molar-refractivity contribution in [1.29, 1.82) is 0 Å². The fourth-order valence-electron chi connectivity index (χ4n) is 2.08. The zero-order valence-electron chi connectivity index (χ0n) is 11.5. The van der Waals surface area contributed by atoms with E-state index in [1.807, 2.05) is 0 Å². The fourth-order valence-corrected chi connectivity index (χ4v) is 2.55. The number of nitrogens with zero attached hydrogens (tertiary/aromatic N) is 1. The Morgan fingerprint density at radius 1 is 1.38 bits per heavy atom. The van der Waals surface area contributed by atoms with Gasteiger partial charge in [0.1, 0.15) is 5.76 Å². The van der Waals surface area contributed by atoms with Gasteiger partial charge in [-0.15, -0.1) is 0 Å². The number of halogens is 2. The lowest BCUT2D eigenvalue weighted by Crippen LogP contribution is -2.31. The molecule has 1 heterocycles. The van der Waals surface area contributed by atoms with Crippen molar-refractivity contribution in [2.45, 2.75) is 12.0 Å². The number of aliphatic hydroxyl groups is 1. The zero-order chi connectivity index (χ0) is 15.5. The summed E-state index contributed by atoms with van der Waals surface area (Å²) in [6.45, 7) is 3.80. The molecule has 0 aliphatic heterocycles. The molecule has 0 saturated carbocycles. The first-order valence-electron chi connectivity index (χ1n) is 6.27. The monoisotopic (exact) mass is 323 g/mol. The number of aromatic nitrogens is 1. The van der Waals surface area contributed by atoms with Gasteiger partial charge >= 0.3 is 0 Å². The summed E-state index contributed by atoms with van der Waals surface area (Å²) in [5, 5.41) is 12.1. The first-order chi connectivity index (χ1) is 9.97. The molecular weight excluding hydrogens is 309 g/mol. The van der Waals surface area contributed by atoms with Crippen LogP contribution < -0.4 is 0 Å². The van der Waals surface area contributed by atoms with E-state index < -0.39 is 5.60 Å². The van der Waals surface area contributed by atoms with Gasteiger partial charge in [-0.25, -0.2) is 0 Å². The zero-order valence-corrected chi connectivity index (χ0v) is 13.0. The Kier molecular flexibility index (Phi) is 4.88.